The van der Waals surface area contributed by atoms with E-state index in [-0.39, 0.29) is 56.9 Å². The first-order chi connectivity index (χ1) is 17.4. The smallest absolute Gasteiger partial charge is 1.00 e. The average Bonchev–Trinajstić information content (AvgIpc) is 3.51. The Bertz CT molecular complexity index is 1500. The summed E-state index contributed by atoms with van der Waals surface area (Å²) in [7, 11) is 0. The Morgan fingerprint density at radius 3 is 2.18 bits per heavy atom. The van der Waals surface area contributed by atoms with E-state index < -0.39 is 17.2 Å². The molecule has 6 heteroatoms. The normalized spacial score (nSPS) is 20.7. The Labute approximate surface area is 259 Å². The molecule has 0 N–H and O–H groups in total. The fraction of sp³-hybridized carbons (Fsp3) is 0.152. The van der Waals surface area contributed by atoms with E-state index in [1.807, 2.05) is 18.2 Å². The molecule has 0 saturated carbocycles. The zero-order chi connectivity index (χ0) is 24.9. The summed E-state index contributed by atoms with van der Waals surface area (Å²) < 4.78 is 40.0. The molecule has 195 valence electrons. The van der Waals surface area contributed by atoms with Gasteiger partial charge in [-0.2, -0.15) is 24.8 Å². The summed E-state index contributed by atoms with van der Waals surface area (Å²) in [4.78, 5) is 0. The molecule has 0 nitrogen and oxygen atoms in total. The number of benzene rings is 3. The van der Waals surface area contributed by atoms with Gasteiger partial charge in [-0.1, -0.05) is 85.8 Å². The molecule has 0 fully saturated rings. The summed E-state index contributed by atoms with van der Waals surface area (Å²) >= 11 is 0. The zero-order valence-corrected chi connectivity index (χ0v) is 25.0. The standard InChI is InChI=1S/C33H24F3.2ClH.Zr/c1-2-22-19-25-10-8-18-32(30(25)20-22,26-11-4-3-5-12-26)31-28-13-7-6-9-24(28)21-29(31)23-14-16-27(17-15-23)33(34,35)36;;;/h3-18,20-21,31H,2H2,1H3;2*1H;/q-1;;;+3/p-2. The van der Waals surface area contributed by atoms with Crippen LogP contribution in [0.2, 0.25) is 0 Å². The minimum atomic E-state index is -4.37. The third-order valence-electron chi connectivity index (χ3n) is 7.53. The van der Waals surface area contributed by atoms with Gasteiger partial charge in [0.25, 0.3) is 0 Å². The van der Waals surface area contributed by atoms with E-state index in [1.165, 1.54) is 23.3 Å². The third-order valence-corrected chi connectivity index (χ3v) is 7.53. The van der Waals surface area contributed by atoms with Crippen molar-refractivity contribution in [3.8, 4) is 0 Å². The topological polar surface area (TPSA) is 0 Å². The van der Waals surface area contributed by atoms with E-state index in [1.54, 1.807) is 12.1 Å². The van der Waals surface area contributed by atoms with Crippen molar-refractivity contribution in [2.75, 3.05) is 0 Å². The van der Waals surface area contributed by atoms with E-state index in [2.05, 4.69) is 79.8 Å². The maximum atomic E-state index is 13.3. The number of hydrogen-bond donors (Lipinski definition) is 0. The molecule has 3 aliphatic carbocycles. The van der Waals surface area contributed by atoms with E-state index in [0.29, 0.717) is 0 Å². The van der Waals surface area contributed by atoms with Crippen molar-refractivity contribution in [2.24, 2.45) is 0 Å². The molecule has 0 aromatic heterocycles. The van der Waals surface area contributed by atoms with Gasteiger partial charge in [0.15, 0.2) is 0 Å². The van der Waals surface area contributed by atoms with Crippen LogP contribution < -0.4 is 24.8 Å². The number of halogens is 5. The summed E-state index contributed by atoms with van der Waals surface area (Å²) in [6.45, 7) is 2.13. The van der Waals surface area contributed by atoms with Crippen LogP contribution in [-0.2, 0) is 37.8 Å². The molecule has 2 unspecified atom stereocenters. The second-order valence-corrected chi connectivity index (χ2v) is 9.47. The van der Waals surface area contributed by atoms with Crippen molar-refractivity contribution in [3.05, 3.63) is 154 Å². The van der Waals surface area contributed by atoms with Gasteiger partial charge in [-0.25, -0.2) is 0 Å². The van der Waals surface area contributed by atoms with Gasteiger partial charge in [0.05, 0.1) is 5.56 Å². The summed E-state index contributed by atoms with van der Waals surface area (Å²) in [6.07, 6.45) is 11.0. The molecule has 1 radical (unpaired) electrons. The van der Waals surface area contributed by atoms with Crippen molar-refractivity contribution in [2.45, 2.75) is 30.9 Å². The number of rotatable bonds is 4. The first-order valence-corrected chi connectivity index (χ1v) is 12.2. The van der Waals surface area contributed by atoms with Crippen LogP contribution in [0.15, 0.2) is 120 Å². The van der Waals surface area contributed by atoms with Crippen molar-refractivity contribution < 1.29 is 64.2 Å². The van der Waals surface area contributed by atoms with E-state index >= 15 is 0 Å². The summed E-state index contributed by atoms with van der Waals surface area (Å²) in [5, 5.41) is 0. The zero-order valence-electron chi connectivity index (χ0n) is 21.1. The van der Waals surface area contributed by atoms with Crippen LogP contribution >= 0.6 is 0 Å². The van der Waals surface area contributed by atoms with Crippen molar-refractivity contribution in [1.29, 1.82) is 0 Å². The maximum Gasteiger partial charge on any atom is 3.00 e. The van der Waals surface area contributed by atoms with E-state index in [4.69, 9.17) is 0 Å². The van der Waals surface area contributed by atoms with Gasteiger partial charge in [-0.3, -0.25) is 0 Å². The van der Waals surface area contributed by atoms with Crippen LogP contribution in [-0.4, -0.2) is 0 Å². The quantitative estimate of drug-likeness (QED) is 0.386. The minimum absolute atomic E-state index is 0. The third kappa shape index (κ3) is 5.24. The van der Waals surface area contributed by atoms with Gasteiger partial charge < -0.3 is 24.8 Å². The van der Waals surface area contributed by atoms with E-state index in [0.717, 1.165) is 39.8 Å². The molecular weight excluding hydrogens is 615 g/mol. The number of hydrogen-bond acceptors (Lipinski definition) is 0. The first kappa shape index (κ1) is 31.1. The SMILES string of the molecule is CCC1=[C-]C2=CC=CC(c3ccccc3)(C3C(c4ccc(C(F)(F)F)cc4)=Cc4ccccc43)C2=C1.[Cl-].[Cl-].[Zr+3]. The predicted octanol–water partition coefficient (Wildman–Crippen LogP) is 2.86. The van der Waals surface area contributed by atoms with Gasteiger partial charge in [0.2, 0.25) is 0 Å². The molecule has 3 aromatic rings. The second kappa shape index (κ2) is 12.0. The molecule has 3 aliphatic rings. The summed E-state index contributed by atoms with van der Waals surface area (Å²) in [6, 6.07) is 24.3. The second-order valence-electron chi connectivity index (χ2n) is 9.47. The molecule has 0 spiro atoms. The molecule has 2 atom stereocenters. The average molecular weight is 640 g/mol. The number of fused-ring (bicyclic) bond motifs is 2. The molecular formula is C33H24Cl2F3Zr. The molecule has 0 bridgehead atoms. The Morgan fingerprint density at radius 2 is 1.51 bits per heavy atom. The van der Waals surface area contributed by atoms with Crippen LogP contribution in [0.5, 0.6) is 0 Å². The van der Waals surface area contributed by atoms with Gasteiger partial charge in [0, 0.05) is 11.3 Å². The first-order valence-electron chi connectivity index (χ1n) is 12.2. The Balaban J connectivity index is 0.00000140. The van der Waals surface area contributed by atoms with Crippen LogP contribution in [0, 0.1) is 6.08 Å². The van der Waals surface area contributed by atoms with Crippen molar-refractivity contribution in [1.82, 2.24) is 0 Å². The summed E-state index contributed by atoms with van der Waals surface area (Å²) in [5.74, 6) is -0.114. The Kier molecular flexibility index (Phi) is 9.59. The fourth-order valence-corrected chi connectivity index (χ4v) is 5.88. The number of allylic oxidation sites excluding steroid dienone is 9. The summed E-state index contributed by atoms with van der Waals surface area (Å²) in [5.41, 5.74) is 7.50. The number of alkyl halides is 3. The molecule has 39 heavy (non-hydrogen) atoms. The largest absolute Gasteiger partial charge is 3.00 e. The van der Waals surface area contributed by atoms with Crippen molar-refractivity contribution in [3.63, 3.8) is 0 Å². The predicted molar refractivity (Wildman–Crippen MR) is 139 cm³/mol. The molecule has 6 rings (SSSR count). The Hall–Kier alpha value is -2.39. The molecule has 0 aliphatic heterocycles. The Morgan fingerprint density at radius 1 is 0.846 bits per heavy atom. The van der Waals surface area contributed by atoms with Gasteiger partial charge in [-0.05, 0) is 46.4 Å². The maximum absolute atomic E-state index is 13.3. The molecule has 0 saturated heterocycles. The molecule has 0 amide bonds. The fourth-order valence-electron chi connectivity index (χ4n) is 5.88. The van der Waals surface area contributed by atoms with Gasteiger partial charge in [0.1, 0.15) is 0 Å². The van der Waals surface area contributed by atoms with E-state index in [9.17, 15) is 13.2 Å². The van der Waals surface area contributed by atoms with Crippen LogP contribution in [0.4, 0.5) is 13.2 Å². The molecule has 3 aromatic carbocycles. The molecule has 0 heterocycles. The monoisotopic (exact) mass is 637 g/mol. The van der Waals surface area contributed by atoms with Crippen molar-refractivity contribution >= 4 is 11.6 Å². The van der Waals surface area contributed by atoms with Crippen LogP contribution in [0.1, 0.15) is 47.1 Å². The van der Waals surface area contributed by atoms with Crippen LogP contribution in [0.25, 0.3) is 11.6 Å². The minimum Gasteiger partial charge on any atom is -1.00 e. The van der Waals surface area contributed by atoms with Gasteiger partial charge >= 0.3 is 32.4 Å². The van der Waals surface area contributed by atoms with Crippen LogP contribution in [0.3, 0.4) is 0 Å². The van der Waals surface area contributed by atoms with Gasteiger partial charge in [-0.15, -0.1) is 29.4 Å².